The summed E-state index contributed by atoms with van der Waals surface area (Å²) in [5, 5.41) is 7.69. The summed E-state index contributed by atoms with van der Waals surface area (Å²) in [6.07, 6.45) is 3.41. The Morgan fingerprint density at radius 3 is 2.78 bits per heavy atom. The standard InChI is InChI=1S/C16H25N5OS/c1-10(2)18-15(22)20-6-5-13-14(9-20)23-16(19-13)21-11-3-4-12(21)8-17-7-11/h10-12,17H,3-9H2,1-2H3,(H,18,22). The van der Waals surface area contributed by atoms with E-state index < -0.39 is 0 Å². The Morgan fingerprint density at radius 2 is 2.09 bits per heavy atom. The molecule has 2 atom stereocenters. The molecule has 23 heavy (non-hydrogen) atoms. The maximum Gasteiger partial charge on any atom is 0.317 e. The van der Waals surface area contributed by atoms with Gasteiger partial charge in [0.2, 0.25) is 0 Å². The van der Waals surface area contributed by atoms with Crippen LogP contribution in [0.3, 0.4) is 0 Å². The van der Waals surface area contributed by atoms with E-state index in [-0.39, 0.29) is 12.1 Å². The van der Waals surface area contributed by atoms with E-state index in [1.807, 2.05) is 18.7 Å². The Labute approximate surface area is 141 Å². The molecule has 2 amide bonds. The van der Waals surface area contributed by atoms with Crippen LogP contribution in [0.1, 0.15) is 37.3 Å². The zero-order valence-corrected chi connectivity index (χ0v) is 14.7. The van der Waals surface area contributed by atoms with Gasteiger partial charge in [-0.05, 0) is 26.7 Å². The molecule has 7 heteroatoms. The molecule has 3 aliphatic rings. The van der Waals surface area contributed by atoms with Gasteiger partial charge >= 0.3 is 6.03 Å². The van der Waals surface area contributed by atoms with Crippen LogP contribution in [-0.2, 0) is 13.0 Å². The lowest BCUT2D eigenvalue weighted by Crippen LogP contribution is -2.51. The average molecular weight is 335 g/mol. The van der Waals surface area contributed by atoms with Gasteiger partial charge in [0.25, 0.3) is 0 Å². The summed E-state index contributed by atoms with van der Waals surface area (Å²) in [6, 6.07) is 1.42. The van der Waals surface area contributed by atoms with E-state index in [0.29, 0.717) is 18.6 Å². The van der Waals surface area contributed by atoms with Gasteiger partial charge in [-0.25, -0.2) is 9.78 Å². The van der Waals surface area contributed by atoms with Gasteiger partial charge in [0.15, 0.2) is 5.13 Å². The highest BCUT2D eigenvalue weighted by Crippen LogP contribution is 2.37. The summed E-state index contributed by atoms with van der Waals surface area (Å²) in [5.41, 5.74) is 1.21. The van der Waals surface area contributed by atoms with Crippen LogP contribution < -0.4 is 15.5 Å². The number of anilines is 1. The number of aromatic nitrogens is 1. The van der Waals surface area contributed by atoms with Crippen molar-refractivity contribution in [3.05, 3.63) is 10.6 Å². The number of nitrogens with zero attached hydrogens (tertiary/aromatic N) is 3. The molecule has 0 spiro atoms. The third kappa shape index (κ3) is 2.80. The summed E-state index contributed by atoms with van der Waals surface area (Å²) < 4.78 is 0. The molecule has 3 aliphatic heterocycles. The number of carbonyl (C=O) groups is 1. The third-order valence-corrected chi connectivity index (χ3v) is 6.12. The van der Waals surface area contributed by atoms with Crippen LogP contribution in [0, 0.1) is 0 Å². The van der Waals surface area contributed by atoms with E-state index in [2.05, 4.69) is 15.5 Å². The van der Waals surface area contributed by atoms with Gasteiger partial charge in [-0.15, -0.1) is 0 Å². The molecule has 2 bridgehead atoms. The first kappa shape index (κ1) is 15.2. The van der Waals surface area contributed by atoms with Gasteiger partial charge in [0, 0.05) is 49.1 Å². The lowest BCUT2D eigenvalue weighted by atomic mass is 10.2. The number of thiazole rings is 1. The van der Waals surface area contributed by atoms with Gasteiger partial charge in [0.05, 0.1) is 12.2 Å². The maximum atomic E-state index is 12.2. The van der Waals surface area contributed by atoms with Gasteiger partial charge in [-0.3, -0.25) is 0 Å². The highest BCUT2D eigenvalue weighted by molar-refractivity contribution is 7.15. The van der Waals surface area contributed by atoms with E-state index in [1.54, 1.807) is 11.3 Å². The van der Waals surface area contributed by atoms with Crippen molar-refractivity contribution < 1.29 is 4.79 Å². The lowest BCUT2D eigenvalue weighted by Gasteiger charge is -2.35. The van der Waals surface area contributed by atoms with Gasteiger partial charge in [-0.1, -0.05) is 11.3 Å². The van der Waals surface area contributed by atoms with Crippen LogP contribution in [0.2, 0.25) is 0 Å². The first-order chi connectivity index (χ1) is 11.1. The molecule has 1 aromatic rings. The second-order valence-electron chi connectivity index (χ2n) is 7.09. The molecule has 0 radical (unpaired) electrons. The summed E-state index contributed by atoms with van der Waals surface area (Å²) in [6.45, 7) is 7.61. The summed E-state index contributed by atoms with van der Waals surface area (Å²) in [5.74, 6) is 0. The van der Waals surface area contributed by atoms with E-state index in [4.69, 9.17) is 4.98 Å². The van der Waals surface area contributed by atoms with Crippen molar-refractivity contribution in [1.29, 1.82) is 0 Å². The minimum atomic E-state index is 0.0443. The van der Waals surface area contributed by atoms with E-state index >= 15 is 0 Å². The predicted molar refractivity (Wildman–Crippen MR) is 92.1 cm³/mol. The fraction of sp³-hybridized carbons (Fsp3) is 0.750. The molecule has 4 heterocycles. The lowest BCUT2D eigenvalue weighted by molar-refractivity contribution is 0.190. The second-order valence-corrected chi connectivity index (χ2v) is 8.15. The summed E-state index contributed by atoms with van der Waals surface area (Å²) in [7, 11) is 0. The number of piperazine rings is 1. The smallest absolute Gasteiger partial charge is 0.317 e. The van der Waals surface area contributed by atoms with Gasteiger partial charge < -0.3 is 20.4 Å². The Kier molecular flexibility index (Phi) is 3.93. The summed E-state index contributed by atoms with van der Waals surface area (Å²) >= 11 is 1.79. The molecule has 0 saturated carbocycles. The van der Waals surface area contributed by atoms with Gasteiger partial charge in [-0.2, -0.15) is 0 Å². The van der Waals surface area contributed by atoms with Crippen LogP contribution in [0.5, 0.6) is 0 Å². The van der Waals surface area contributed by atoms with E-state index in [1.165, 1.54) is 28.5 Å². The van der Waals surface area contributed by atoms with Crippen molar-refractivity contribution in [3.8, 4) is 0 Å². The number of fused-ring (bicyclic) bond motifs is 3. The number of hydrogen-bond acceptors (Lipinski definition) is 5. The van der Waals surface area contributed by atoms with Crippen molar-refractivity contribution in [2.45, 2.75) is 57.8 Å². The van der Waals surface area contributed by atoms with Crippen molar-refractivity contribution >= 4 is 22.5 Å². The monoisotopic (exact) mass is 335 g/mol. The number of urea groups is 1. The quantitative estimate of drug-likeness (QED) is 0.861. The fourth-order valence-corrected chi connectivity index (χ4v) is 5.16. The molecule has 2 saturated heterocycles. The van der Waals surface area contributed by atoms with Crippen molar-refractivity contribution in [2.24, 2.45) is 0 Å². The molecule has 0 aromatic carbocycles. The first-order valence-electron chi connectivity index (χ1n) is 8.65. The minimum absolute atomic E-state index is 0.0443. The normalized spacial score (nSPS) is 26.6. The average Bonchev–Trinajstić information content (AvgIpc) is 3.03. The SMILES string of the molecule is CC(C)NC(=O)N1CCc2nc(N3C4CCC3CNC4)sc2C1. The molecule has 0 aliphatic carbocycles. The molecule has 2 unspecified atom stereocenters. The van der Waals surface area contributed by atoms with Crippen LogP contribution in [0.15, 0.2) is 0 Å². The van der Waals surface area contributed by atoms with Crippen molar-refractivity contribution in [3.63, 3.8) is 0 Å². The number of rotatable bonds is 2. The number of amides is 2. The number of carbonyl (C=O) groups excluding carboxylic acids is 1. The Balaban J connectivity index is 1.51. The Morgan fingerprint density at radius 1 is 1.35 bits per heavy atom. The van der Waals surface area contributed by atoms with Crippen molar-refractivity contribution in [1.82, 2.24) is 20.5 Å². The minimum Gasteiger partial charge on any atom is -0.340 e. The largest absolute Gasteiger partial charge is 0.340 e. The molecule has 1 aromatic heterocycles. The predicted octanol–water partition coefficient (Wildman–Crippen LogP) is 1.56. The van der Waals surface area contributed by atoms with Crippen LogP contribution >= 0.6 is 11.3 Å². The highest BCUT2D eigenvalue weighted by Gasteiger charge is 2.39. The Bertz CT molecular complexity index is 585. The summed E-state index contributed by atoms with van der Waals surface area (Å²) in [4.78, 5) is 22.9. The third-order valence-electron chi connectivity index (χ3n) is 5.02. The number of hydrogen-bond donors (Lipinski definition) is 2. The first-order valence-corrected chi connectivity index (χ1v) is 9.46. The number of nitrogens with one attached hydrogen (secondary N) is 2. The fourth-order valence-electron chi connectivity index (χ4n) is 3.89. The van der Waals surface area contributed by atoms with E-state index in [9.17, 15) is 4.79 Å². The molecule has 2 N–H and O–H groups in total. The van der Waals surface area contributed by atoms with E-state index in [0.717, 1.165) is 26.1 Å². The molecule has 2 fully saturated rings. The second kappa shape index (κ2) is 5.94. The van der Waals surface area contributed by atoms with Crippen LogP contribution in [0.4, 0.5) is 9.93 Å². The molecular weight excluding hydrogens is 310 g/mol. The molecule has 6 nitrogen and oxygen atoms in total. The van der Waals surface area contributed by atoms with Crippen LogP contribution in [0.25, 0.3) is 0 Å². The highest BCUT2D eigenvalue weighted by atomic mass is 32.1. The Hall–Kier alpha value is -1.34. The zero-order chi connectivity index (χ0) is 16.0. The molecular formula is C16H25N5OS. The van der Waals surface area contributed by atoms with Crippen molar-refractivity contribution in [2.75, 3.05) is 24.5 Å². The molecule has 126 valence electrons. The van der Waals surface area contributed by atoms with Gasteiger partial charge in [0.1, 0.15) is 0 Å². The maximum absolute atomic E-state index is 12.2. The zero-order valence-electron chi connectivity index (χ0n) is 13.8. The topological polar surface area (TPSA) is 60.5 Å². The molecule has 4 rings (SSSR count). The van der Waals surface area contributed by atoms with Crippen LogP contribution in [-0.4, -0.2) is 53.7 Å².